The number of phenolic OH excluding ortho intramolecular Hbond substituents is 1. The second-order valence-electron chi connectivity index (χ2n) is 11.0. The molecule has 1 amide bonds. The van der Waals surface area contributed by atoms with Crippen LogP contribution >= 0.6 is 0 Å². The highest BCUT2D eigenvalue weighted by Gasteiger charge is 2.65. The maximum atomic E-state index is 13.6. The average molecular weight is 491 g/mol. The summed E-state index contributed by atoms with van der Waals surface area (Å²) in [6.45, 7) is 0.596. The van der Waals surface area contributed by atoms with Gasteiger partial charge in [-0.15, -0.1) is 0 Å². The van der Waals surface area contributed by atoms with Crippen LogP contribution in [0.3, 0.4) is 0 Å². The molecule has 0 radical (unpaired) electrons. The Labute approximate surface area is 216 Å². The zero-order valence-electron chi connectivity index (χ0n) is 20.7. The molecule has 0 saturated carbocycles. The van der Waals surface area contributed by atoms with Gasteiger partial charge in [-0.1, -0.05) is 54.6 Å². The minimum absolute atomic E-state index is 0.0977. The second kappa shape index (κ2) is 8.15. The van der Waals surface area contributed by atoms with Gasteiger partial charge in [-0.3, -0.25) is 9.78 Å². The van der Waals surface area contributed by atoms with Crippen LogP contribution in [0, 0.1) is 0 Å². The number of piperidine rings is 1. The van der Waals surface area contributed by atoms with Crippen molar-refractivity contribution in [1.82, 2.24) is 9.88 Å². The van der Waals surface area contributed by atoms with E-state index in [4.69, 9.17) is 4.98 Å². The number of fused-ring (bicyclic) bond motifs is 3. The normalized spacial score (nSPS) is 25.8. The number of nitrogens with zero attached hydrogens (tertiary/aromatic N) is 2. The number of aliphatic hydroxyl groups is 1. The van der Waals surface area contributed by atoms with E-state index in [1.165, 1.54) is 0 Å². The fourth-order valence-electron chi connectivity index (χ4n) is 7.35. The summed E-state index contributed by atoms with van der Waals surface area (Å²) in [5.41, 5.74) is 4.58. The van der Waals surface area contributed by atoms with E-state index in [-0.39, 0.29) is 17.7 Å². The van der Waals surface area contributed by atoms with Gasteiger partial charge in [0.2, 0.25) is 5.91 Å². The predicted molar refractivity (Wildman–Crippen MR) is 142 cm³/mol. The van der Waals surface area contributed by atoms with Gasteiger partial charge >= 0.3 is 0 Å². The Morgan fingerprint density at radius 2 is 1.78 bits per heavy atom. The minimum atomic E-state index is -1.13. The number of amides is 1. The van der Waals surface area contributed by atoms with E-state index in [0.29, 0.717) is 45.1 Å². The monoisotopic (exact) mass is 490 g/mol. The smallest absolute Gasteiger partial charge is 0.223 e. The number of carbonyl (C=O) groups excluding carboxylic acids is 1. The Kier molecular flexibility index (Phi) is 4.96. The third-order valence-electron chi connectivity index (χ3n) is 9.17. The Bertz CT molecular complexity index is 1530. The van der Waals surface area contributed by atoms with Gasteiger partial charge in [-0.2, -0.15) is 0 Å². The molecule has 5 heteroatoms. The number of rotatable bonds is 3. The molecule has 1 aliphatic heterocycles. The standard InChI is InChI=1S/C32H30N2O3/c35-25-12-11-22-17-29-32(37)19-24-16-23-8-4-5-9-27(23)33-28(24)20-31(32,26(22)18-25)14-15-34(29)30(36)13-10-21-6-2-1-3-7-21/h1-9,11-12,16,18,29,35,37H,10,13-15,17,19-20H2/t29-,31-,32-/m1/s1. The zero-order chi connectivity index (χ0) is 25.2. The van der Waals surface area contributed by atoms with Crippen LogP contribution in [0.25, 0.3) is 10.9 Å². The molecule has 3 aliphatic rings. The number of phenols is 1. The van der Waals surface area contributed by atoms with Crippen molar-refractivity contribution >= 4 is 16.8 Å². The van der Waals surface area contributed by atoms with Crippen molar-refractivity contribution < 1.29 is 15.0 Å². The first-order chi connectivity index (χ1) is 18.0. The summed E-state index contributed by atoms with van der Waals surface area (Å²) in [6, 6.07) is 25.6. The number of para-hydroxylation sites is 1. The fourth-order valence-corrected chi connectivity index (χ4v) is 7.35. The van der Waals surface area contributed by atoms with Gasteiger partial charge in [0.1, 0.15) is 5.75 Å². The topological polar surface area (TPSA) is 73.7 Å². The van der Waals surface area contributed by atoms with E-state index >= 15 is 0 Å². The number of aromatic nitrogens is 1. The Hall–Kier alpha value is -3.70. The number of hydrogen-bond acceptors (Lipinski definition) is 4. The highest BCUT2D eigenvalue weighted by Crippen LogP contribution is 2.57. The number of pyridine rings is 1. The van der Waals surface area contributed by atoms with Crippen LogP contribution in [0.2, 0.25) is 0 Å². The minimum Gasteiger partial charge on any atom is -0.508 e. The van der Waals surface area contributed by atoms with Gasteiger partial charge in [-0.25, -0.2) is 0 Å². The summed E-state index contributed by atoms with van der Waals surface area (Å²) in [4.78, 5) is 20.6. The lowest BCUT2D eigenvalue weighted by Gasteiger charge is -2.63. The van der Waals surface area contributed by atoms with Crippen molar-refractivity contribution in [1.29, 1.82) is 0 Å². The summed E-state index contributed by atoms with van der Waals surface area (Å²) in [5.74, 6) is 0.313. The molecule has 5 nitrogen and oxygen atoms in total. The molecule has 2 heterocycles. The maximum absolute atomic E-state index is 13.6. The van der Waals surface area contributed by atoms with Crippen LogP contribution in [0.1, 0.15) is 40.8 Å². The molecule has 1 aromatic heterocycles. The third kappa shape index (κ3) is 3.33. The molecule has 7 rings (SSSR count). The van der Waals surface area contributed by atoms with E-state index < -0.39 is 11.0 Å². The number of carbonyl (C=O) groups is 1. The number of likely N-dealkylation sites (tertiary alicyclic amines) is 1. The van der Waals surface area contributed by atoms with Crippen LogP contribution in [0.4, 0.5) is 0 Å². The molecule has 3 aromatic carbocycles. The summed E-state index contributed by atoms with van der Waals surface area (Å²) < 4.78 is 0. The summed E-state index contributed by atoms with van der Waals surface area (Å²) in [5, 5.41) is 24.2. The van der Waals surface area contributed by atoms with Crippen molar-refractivity contribution in [2.45, 2.75) is 55.6 Å². The molecule has 4 aromatic rings. The molecule has 1 saturated heterocycles. The first-order valence-electron chi connectivity index (χ1n) is 13.2. The summed E-state index contributed by atoms with van der Waals surface area (Å²) in [6.07, 6.45) is 3.39. The molecule has 186 valence electrons. The Morgan fingerprint density at radius 1 is 0.973 bits per heavy atom. The molecule has 0 spiro atoms. The first kappa shape index (κ1) is 22.5. The van der Waals surface area contributed by atoms with Crippen molar-refractivity contribution in [3.05, 3.63) is 107 Å². The van der Waals surface area contributed by atoms with Crippen LogP contribution < -0.4 is 0 Å². The Morgan fingerprint density at radius 3 is 2.65 bits per heavy atom. The van der Waals surface area contributed by atoms with Crippen molar-refractivity contribution in [2.24, 2.45) is 0 Å². The van der Waals surface area contributed by atoms with Gasteiger partial charge in [-0.05, 0) is 65.8 Å². The number of aryl methyl sites for hydroxylation is 1. The lowest BCUT2D eigenvalue weighted by molar-refractivity contribution is -0.169. The van der Waals surface area contributed by atoms with Crippen molar-refractivity contribution in [3.63, 3.8) is 0 Å². The maximum Gasteiger partial charge on any atom is 0.223 e. The number of benzene rings is 3. The predicted octanol–water partition coefficient (Wildman–Crippen LogP) is 4.50. The SMILES string of the molecule is O=C(CCc1ccccc1)N1CC[C@]23Cc4nc5ccccc5cc4C[C@@]2(O)[C@H]1Cc1ccc(O)cc13. The molecule has 2 N–H and O–H groups in total. The van der Waals surface area contributed by atoms with E-state index in [1.807, 2.05) is 53.4 Å². The van der Waals surface area contributed by atoms with E-state index in [9.17, 15) is 15.0 Å². The highest BCUT2D eigenvalue weighted by atomic mass is 16.3. The lowest BCUT2D eigenvalue weighted by Crippen LogP contribution is -2.74. The van der Waals surface area contributed by atoms with Gasteiger partial charge in [0.25, 0.3) is 0 Å². The molecule has 2 bridgehead atoms. The molecule has 37 heavy (non-hydrogen) atoms. The zero-order valence-corrected chi connectivity index (χ0v) is 20.7. The average Bonchev–Trinajstić information content (AvgIpc) is 2.90. The van der Waals surface area contributed by atoms with Gasteiger partial charge in [0, 0.05) is 42.3 Å². The van der Waals surface area contributed by atoms with Crippen LogP contribution in [0.15, 0.2) is 78.9 Å². The number of hydrogen-bond donors (Lipinski definition) is 2. The van der Waals surface area contributed by atoms with Crippen molar-refractivity contribution in [3.8, 4) is 5.75 Å². The number of aromatic hydroxyl groups is 1. The molecular weight excluding hydrogens is 460 g/mol. The second-order valence-corrected chi connectivity index (χ2v) is 11.0. The van der Waals surface area contributed by atoms with Crippen LogP contribution in [-0.2, 0) is 35.9 Å². The van der Waals surface area contributed by atoms with Crippen molar-refractivity contribution in [2.75, 3.05) is 6.54 Å². The van der Waals surface area contributed by atoms with Crippen LogP contribution in [-0.4, -0.2) is 44.2 Å². The van der Waals surface area contributed by atoms with Crippen LogP contribution in [0.5, 0.6) is 5.75 Å². The summed E-state index contributed by atoms with van der Waals surface area (Å²) in [7, 11) is 0. The van der Waals surface area contributed by atoms with Gasteiger partial charge < -0.3 is 15.1 Å². The van der Waals surface area contributed by atoms with Gasteiger partial charge in [0.15, 0.2) is 0 Å². The van der Waals surface area contributed by atoms with E-state index in [2.05, 4.69) is 24.3 Å². The Balaban J connectivity index is 1.32. The molecular formula is C32H30N2O3. The molecule has 2 aliphatic carbocycles. The molecule has 0 unspecified atom stereocenters. The first-order valence-corrected chi connectivity index (χ1v) is 13.2. The van der Waals surface area contributed by atoms with Gasteiger partial charge in [0.05, 0.1) is 17.2 Å². The lowest BCUT2D eigenvalue weighted by atomic mass is 9.49. The quantitative estimate of drug-likeness (QED) is 0.444. The highest BCUT2D eigenvalue weighted by molar-refractivity contribution is 5.80. The molecule has 1 fully saturated rings. The largest absolute Gasteiger partial charge is 0.508 e. The fraction of sp³-hybridized carbons (Fsp3) is 0.312. The third-order valence-corrected chi connectivity index (χ3v) is 9.17. The van der Waals surface area contributed by atoms with E-state index in [1.54, 1.807) is 6.07 Å². The molecule has 3 atom stereocenters. The summed E-state index contributed by atoms with van der Waals surface area (Å²) >= 11 is 0. The van der Waals surface area contributed by atoms with E-state index in [0.717, 1.165) is 38.9 Å².